The number of carbonyl (C=O) groups excluding carboxylic acids is 2. The zero-order chi connectivity index (χ0) is 35.5. The van der Waals surface area contributed by atoms with E-state index in [-0.39, 0.29) is 89.1 Å². The number of rotatable bonds is 7. The summed E-state index contributed by atoms with van der Waals surface area (Å²) in [6.07, 6.45) is -0.316. The van der Waals surface area contributed by atoms with E-state index in [1.807, 2.05) is 0 Å². The first-order chi connectivity index (χ1) is 23.9. The Morgan fingerprint density at radius 1 is 1.14 bits per heavy atom. The molecule has 4 aromatic rings. The van der Waals surface area contributed by atoms with Gasteiger partial charge in [0.25, 0.3) is 11.5 Å². The first kappa shape index (κ1) is 33.2. The minimum atomic E-state index is -3.95. The molecule has 7 rings (SSSR count). The lowest BCUT2D eigenvalue weighted by Gasteiger charge is -2.37. The Bertz CT molecular complexity index is 2150. The Morgan fingerprint density at radius 3 is 2.52 bits per heavy atom. The minimum Gasteiger partial charge on any atom is -0.504 e. The number of aromatic nitrogens is 6. The number of carbonyl (C=O) groups is 2. The fraction of sp³-hybridized carbons (Fsp3) is 0.387. The number of hydrogen-bond acceptors (Lipinski definition) is 12. The molecule has 3 N–H and O–H groups in total. The molecule has 2 amide bonds. The number of benzene rings is 1. The van der Waals surface area contributed by atoms with Crippen molar-refractivity contribution in [3.05, 3.63) is 68.4 Å². The smallest absolute Gasteiger partial charge is 0.504 e. The number of primary amides is 1. The molecule has 3 aliphatic rings. The average molecular weight is 714 g/mol. The number of aromatic hydroxyl groups is 1. The van der Waals surface area contributed by atoms with Crippen molar-refractivity contribution in [2.45, 2.75) is 39.0 Å². The van der Waals surface area contributed by atoms with Crippen LogP contribution >= 0.6 is 11.6 Å². The van der Waals surface area contributed by atoms with E-state index < -0.39 is 29.7 Å². The van der Waals surface area contributed by atoms with Crippen LogP contribution in [0, 0.1) is 6.92 Å². The zero-order valence-corrected chi connectivity index (χ0v) is 27.5. The molecule has 0 aliphatic carbocycles. The van der Waals surface area contributed by atoms with Gasteiger partial charge < -0.3 is 34.9 Å². The number of fused-ring (bicyclic) bond motifs is 2. The summed E-state index contributed by atoms with van der Waals surface area (Å²) in [5, 5.41) is 14.8. The Morgan fingerprint density at radius 2 is 1.86 bits per heavy atom. The van der Waals surface area contributed by atoms with Gasteiger partial charge in [0.15, 0.2) is 28.8 Å². The van der Waals surface area contributed by atoms with Crippen molar-refractivity contribution in [3.8, 4) is 17.2 Å². The van der Waals surface area contributed by atoms with Crippen LogP contribution in [0.1, 0.15) is 52.7 Å². The standard InChI is InChI=1S/C31H30ClF2N9O7/c1-3-19-24(40-6-8-41(9-7-40)28(46)22-25(44)15(2)36-14-37-22)29(47)43-30(38-27(39-43)16-4-10-48-11-5-16)42(19)23(26(35)45)17-12-20-21(13-18(17)32)50-31(33,34)49-20/h4,12-14,23,44H,3,5-11H2,1-2H3,(H2,35,45). The van der Waals surface area contributed by atoms with Gasteiger partial charge in [-0.1, -0.05) is 24.6 Å². The molecule has 1 fully saturated rings. The van der Waals surface area contributed by atoms with Crippen LogP contribution in [0.4, 0.5) is 14.5 Å². The zero-order valence-electron chi connectivity index (χ0n) is 26.7. The molecular formula is C31H30ClF2N9O7. The summed E-state index contributed by atoms with van der Waals surface area (Å²) in [5.41, 5.74) is 6.83. The normalized spacial score (nSPS) is 17.6. The van der Waals surface area contributed by atoms with E-state index in [0.717, 1.165) is 22.2 Å². The van der Waals surface area contributed by atoms with Gasteiger partial charge in [-0.25, -0.2) is 9.97 Å². The van der Waals surface area contributed by atoms with E-state index in [4.69, 9.17) is 22.1 Å². The first-order valence-corrected chi connectivity index (χ1v) is 16.0. The van der Waals surface area contributed by atoms with E-state index in [2.05, 4.69) is 29.5 Å². The second-order valence-electron chi connectivity index (χ2n) is 11.8. The Balaban J connectivity index is 1.36. The predicted octanol–water partition coefficient (Wildman–Crippen LogP) is 2.07. The van der Waals surface area contributed by atoms with Crippen LogP contribution in [-0.4, -0.2) is 96.6 Å². The molecule has 50 heavy (non-hydrogen) atoms. The third-order valence-corrected chi connectivity index (χ3v) is 9.11. The number of hydrogen-bond donors (Lipinski definition) is 2. The predicted molar refractivity (Wildman–Crippen MR) is 172 cm³/mol. The molecule has 3 aliphatic heterocycles. The van der Waals surface area contributed by atoms with Crippen LogP contribution in [0.15, 0.2) is 29.3 Å². The molecule has 6 heterocycles. The molecule has 0 saturated carbocycles. The number of nitrogens with zero attached hydrogens (tertiary/aromatic N) is 8. The molecule has 16 nitrogen and oxygen atoms in total. The maximum atomic E-state index is 14.4. The quantitative estimate of drug-likeness (QED) is 0.284. The molecule has 1 unspecified atom stereocenters. The highest BCUT2D eigenvalue weighted by molar-refractivity contribution is 6.32. The second kappa shape index (κ2) is 12.5. The molecule has 1 atom stereocenters. The maximum absolute atomic E-state index is 14.4. The summed E-state index contributed by atoms with van der Waals surface area (Å²) >= 11 is 6.60. The lowest BCUT2D eigenvalue weighted by Crippen LogP contribution is -2.51. The van der Waals surface area contributed by atoms with Gasteiger partial charge in [0, 0.05) is 37.8 Å². The van der Waals surface area contributed by atoms with Crippen molar-refractivity contribution in [2.24, 2.45) is 5.73 Å². The Kier molecular flexibility index (Phi) is 8.29. The van der Waals surface area contributed by atoms with Crippen LogP contribution in [0.2, 0.25) is 5.02 Å². The molecule has 19 heteroatoms. The van der Waals surface area contributed by atoms with Crippen molar-refractivity contribution in [1.82, 2.24) is 34.0 Å². The summed E-state index contributed by atoms with van der Waals surface area (Å²) in [4.78, 5) is 56.9. The lowest BCUT2D eigenvalue weighted by atomic mass is 10.0. The summed E-state index contributed by atoms with van der Waals surface area (Å²) in [6.45, 7) is 4.70. The number of halogens is 3. The molecule has 3 aromatic heterocycles. The highest BCUT2D eigenvalue weighted by Gasteiger charge is 2.45. The first-order valence-electron chi connectivity index (χ1n) is 15.6. The number of amides is 2. The second-order valence-corrected chi connectivity index (χ2v) is 12.2. The van der Waals surface area contributed by atoms with Crippen LogP contribution in [0.25, 0.3) is 11.4 Å². The van der Waals surface area contributed by atoms with E-state index in [1.54, 1.807) is 24.8 Å². The average Bonchev–Trinajstić information content (AvgIpc) is 3.67. The third-order valence-electron chi connectivity index (χ3n) is 8.78. The summed E-state index contributed by atoms with van der Waals surface area (Å²) in [5.74, 6) is -2.25. The van der Waals surface area contributed by atoms with Crippen LogP contribution in [0.5, 0.6) is 17.2 Å². The monoisotopic (exact) mass is 713 g/mol. The van der Waals surface area contributed by atoms with Crippen molar-refractivity contribution < 1.29 is 37.7 Å². The molecule has 0 bridgehead atoms. The summed E-state index contributed by atoms with van der Waals surface area (Å²) < 4.78 is 45.1. The molecule has 1 aromatic carbocycles. The minimum absolute atomic E-state index is 0.00406. The van der Waals surface area contributed by atoms with Gasteiger partial charge in [0.1, 0.15) is 18.1 Å². The van der Waals surface area contributed by atoms with Gasteiger partial charge >= 0.3 is 6.29 Å². The van der Waals surface area contributed by atoms with Gasteiger partial charge in [-0.05, 0) is 31.4 Å². The van der Waals surface area contributed by atoms with E-state index >= 15 is 0 Å². The summed E-state index contributed by atoms with van der Waals surface area (Å²) in [6, 6.07) is 0.772. The topological polar surface area (TPSA) is 193 Å². The highest BCUT2D eigenvalue weighted by Crippen LogP contribution is 2.46. The number of anilines is 1. The van der Waals surface area contributed by atoms with Crippen molar-refractivity contribution in [1.29, 1.82) is 0 Å². The molecule has 262 valence electrons. The van der Waals surface area contributed by atoms with Crippen LogP contribution < -0.4 is 25.7 Å². The van der Waals surface area contributed by atoms with Crippen molar-refractivity contribution in [2.75, 3.05) is 44.3 Å². The van der Waals surface area contributed by atoms with Gasteiger partial charge in [-0.2, -0.15) is 9.50 Å². The third kappa shape index (κ3) is 5.63. The van der Waals surface area contributed by atoms with Crippen LogP contribution in [-0.2, 0) is 16.0 Å². The Hall–Kier alpha value is -5.36. The fourth-order valence-corrected chi connectivity index (χ4v) is 6.63. The SMILES string of the molecule is CCc1c(N2CCN(C(=O)c3ncnc(C)c3O)CC2)c(=O)n2nc(C3=CCOCC3)nc2n1C(C(N)=O)c1cc2c(cc1Cl)OC(F)(F)O2. The van der Waals surface area contributed by atoms with Gasteiger partial charge in [0.2, 0.25) is 11.7 Å². The van der Waals surface area contributed by atoms with Gasteiger partial charge in [-0.15, -0.1) is 13.9 Å². The number of ether oxygens (including phenoxy) is 3. The number of alkyl halides is 2. The van der Waals surface area contributed by atoms with Crippen molar-refractivity contribution in [3.63, 3.8) is 0 Å². The van der Waals surface area contributed by atoms with Gasteiger partial charge in [0.05, 0.1) is 29.6 Å². The van der Waals surface area contributed by atoms with E-state index in [9.17, 15) is 28.3 Å². The molecular weight excluding hydrogens is 684 g/mol. The molecule has 1 saturated heterocycles. The largest absolute Gasteiger partial charge is 0.586 e. The molecule has 0 spiro atoms. The Labute approximate surface area is 286 Å². The molecule has 0 radical (unpaired) electrons. The number of nitrogens with two attached hydrogens (primary N) is 1. The summed E-state index contributed by atoms with van der Waals surface area (Å²) in [7, 11) is 0. The number of aryl methyl sites for hydroxylation is 1. The van der Waals surface area contributed by atoms with E-state index in [1.165, 1.54) is 15.8 Å². The van der Waals surface area contributed by atoms with Crippen molar-refractivity contribution >= 4 is 40.5 Å². The lowest BCUT2D eigenvalue weighted by molar-refractivity contribution is -0.286. The van der Waals surface area contributed by atoms with Gasteiger partial charge in [-0.3, -0.25) is 19.0 Å². The van der Waals surface area contributed by atoms with Crippen LogP contribution in [0.3, 0.4) is 0 Å². The van der Waals surface area contributed by atoms with E-state index in [0.29, 0.717) is 25.3 Å². The highest BCUT2D eigenvalue weighted by atomic mass is 35.5. The maximum Gasteiger partial charge on any atom is 0.586 e. The fourth-order valence-electron chi connectivity index (χ4n) is 6.37. The number of piperazine rings is 1.